The van der Waals surface area contributed by atoms with Crippen LogP contribution in [-0.2, 0) is 25.5 Å². The third-order valence-corrected chi connectivity index (χ3v) is 5.47. The van der Waals surface area contributed by atoms with Crippen molar-refractivity contribution >= 4 is 10.8 Å². The third kappa shape index (κ3) is 8.30. The van der Waals surface area contributed by atoms with Gasteiger partial charge in [0, 0.05) is 26.3 Å². The largest absolute Gasteiger partial charge is 0.393 e. The SMILES string of the molecule is CC(O)CC(C)O.Cc1[c-]c(-c2ncc(C(C)(C)C)c3cc(C(C)C)ccc23)cc(C)c1.[Ir]. The first-order chi connectivity index (χ1) is 14.8. The Bertz CT molecular complexity index is 1020. The van der Waals surface area contributed by atoms with Gasteiger partial charge < -0.3 is 15.2 Å². The van der Waals surface area contributed by atoms with Gasteiger partial charge in [-0.2, -0.15) is 0 Å². The molecule has 0 aliphatic rings. The summed E-state index contributed by atoms with van der Waals surface area (Å²) in [5.41, 5.74) is 7.26. The van der Waals surface area contributed by atoms with Crippen LogP contribution in [0.2, 0.25) is 0 Å². The van der Waals surface area contributed by atoms with Crippen molar-refractivity contribution in [2.75, 3.05) is 0 Å². The zero-order valence-electron chi connectivity index (χ0n) is 21.6. The number of aliphatic hydroxyl groups excluding tert-OH is 2. The number of fused-ring (bicyclic) bond motifs is 1. The molecule has 0 saturated carbocycles. The van der Waals surface area contributed by atoms with Crippen LogP contribution in [-0.4, -0.2) is 27.4 Å². The molecule has 3 aromatic rings. The van der Waals surface area contributed by atoms with Crippen LogP contribution in [0, 0.1) is 19.9 Å². The summed E-state index contributed by atoms with van der Waals surface area (Å²) in [6.45, 7) is 18.8. The standard InChI is InChI=1S/C24H28N.C5H12O2.Ir/c1-15(2)18-8-9-20-21(13-18)22(24(5,6)7)14-25-23(20)19-11-16(3)10-17(4)12-19;1-4(6)3-5(2)7;/h8-11,13-15H,1-7H3;4-7H,3H2,1-2H3;/q-1;;. The normalized spacial score (nSPS) is 13.2. The van der Waals surface area contributed by atoms with E-state index in [1.807, 2.05) is 0 Å². The van der Waals surface area contributed by atoms with E-state index in [-0.39, 0.29) is 37.7 Å². The first kappa shape index (κ1) is 29.5. The molecule has 1 radical (unpaired) electrons. The molecule has 0 bridgehead atoms. The fraction of sp³-hybridized carbons (Fsp3) is 0.483. The second-order valence-corrected chi connectivity index (χ2v) is 10.4. The third-order valence-electron chi connectivity index (χ3n) is 5.47. The molecular formula is C29H40IrNO2-. The zero-order chi connectivity index (χ0) is 24.2. The Kier molecular flexibility index (Phi) is 10.9. The Morgan fingerprint density at radius 1 is 0.909 bits per heavy atom. The number of nitrogens with zero attached hydrogens (tertiary/aromatic N) is 1. The molecule has 183 valence electrons. The van der Waals surface area contributed by atoms with E-state index in [0.717, 1.165) is 16.8 Å². The van der Waals surface area contributed by atoms with Crippen LogP contribution in [0.4, 0.5) is 0 Å². The molecule has 2 N–H and O–H groups in total. The second-order valence-electron chi connectivity index (χ2n) is 10.4. The molecule has 0 aliphatic carbocycles. The van der Waals surface area contributed by atoms with Gasteiger partial charge in [-0.05, 0) is 59.2 Å². The first-order valence-electron chi connectivity index (χ1n) is 11.6. The topological polar surface area (TPSA) is 53.4 Å². The number of aryl methyl sites for hydroxylation is 2. The predicted octanol–water partition coefficient (Wildman–Crippen LogP) is 6.88. The number of rotatable bonds is 4. The van der Waals surface area contributed by atoms with Crippen molar-refractivity contribution in [2.45, 2.75) is 92.3 Å². The van der Waals surface area contributed by atoms with Gasteiger partial charge in [-0.1, -0.05) is 66.7 Å². The molecule has 0 spiro atoms. The van der Waals surface area contributed by atoms with Gasteiger partial charge in [-0.25, -0.2) is 0 Å². The van der Waals surface area contributed by atoms with E-state index in [1.54, 1.807) is 13.8 Å². The van der Waals surface area contributed by atoms with Gasteiger partial charge in [0.05, 0.1) is 12.2 Å². The Morgan fingerprint density at radius 3 is 1.97 bits per heavy atom. The van der Waals surface area contributed by atoms with Gasteiger partial charge >= 0.3 is 0 Å². The van der Waals surface area contributed by atoms with Crippen molar-refractivity contribution in [3.05, 3.63) is 64.8 Å². The van der Waals surface area contributed by atoms with Gasteiger partial charge in [-0.15, -0.1) is 34.9 Å². The molecule has 1 heterocycles. The van der Waals surface area contributed by atoms with Crippen LogP contribution in [0.1, 0.15) is 83.1 Å². The van der Waals surface area contributed by atoms with E-state index in [2.05, 4.69) is 91.1 Å². The fourth-order valence-corrected chi connectivity index (χ4v) is 3.95. The number of pyridine rings is 1. The minimum Gasteiger partial charge on any atom is -0.393 e. The second kappa shape index (κ2) is 12.2. The van der Waals surface area contributed by atoms with Gasteiger partial charge in [0.1, 0.15) is 0 Å². The summed E-state index contributed by atoms with van der Waals surface area (Å²) in [5.74, 6) is 0.515. The number of aliphatic hydroxyl groups is 2. The van der Waals surface area contributed by atoms with Crippen LogP contribution in [0.3, 0.4) is 0 Å². The van der Waals surface area contributed by atoms with E-state index in [1.165, 1.54) is 27.5 Å². The van der Waals surface area contributed by atoms with E-state index in [0.29, 0.717) is 12.3 Å². The molecule has 4 heteroatoms. The van der Waals surface area contributed by atoms with Crippen molar-refractivity contribution in [1.29, 1.82) is 0 Å². The predicted molar refractivity (Wildman–Crippen MR) is 136 cm³/mol. The molecule has 2 atom stereocenters. The minimum absolute atomic E-state index is 0. The molecule has 0 amide bonds. The van der Waals surface area contributed by atoms with E-state index in [9.17, 15) is 0 Å². The van der Waals surface area contributed by atoms with Crippen LogP contribution >= 0.6 is 0 Å². The quantitative estimate of drug-likeness (QED) is 0.311. The molecule has 2 aromatic carbocycles. The smallest absolute Gasteiger partial charge is 0.0536 e. The van der Waals surface area contributed by atoms with E-state index in [4.69, 9.17) is 15.2 Å². The fourth-order valence-electron chi connectivity index (χ4n) is 3.95. The number of aromatic nitrogens is 1. The van der Waals surface area contributed by atoms with Crippen molar-refractivity contribution < 1.29 is 30.3 Å². The van der Waals surface area contributed by atoms with Crippen LogP contribution in [0.15, 0.2) is 36.5 Å². The van der Waals surface area contributed by atoms with Gasteiger partial charge in [0.2, 0.25) is 0 Å². The summed E-state index contributed by atoms with van der Waals surface area (Å²) in [4.78, 5) is 4.87. The van der Waals surface area contributed by atoms with E-state index < -0.39 is 0 Å². The van der Waals surface area contributed by atoms with Crippen LogP contribution < -0.4 is 0 Å². The summed E-state index contributed by atoms with van der Waals surface area (Å²) in [7, 11) is 0. The first-order valence-corrected chi connectivity index (χ1v) is 11.6. The molecule has 0 fully saturated rings. The Morgan fingerprint density at radius 2 is 1.52 bits per heavy atom. The Balaban J connectivity index is 0.000000595. The van der Waals surface area contributed by atoms with Crippen molar-refractivity contribution in [1.82, 2.24) is 4.98 Å². The van der Waals surface area contributed by atoms with Gasteiger partial charge in [0.25, 0.3) is 0 Å². The number of hydrogen-bond donors (Lipinski definition) is 2. The molecule has 3 nitrogen and oxygen atoms in total. The Labute approximate surface area is 214 Å². The van der Waals surface area contributed by atoms with Crippen molar-refractivity contribution in [3.8, 4) is 11.3 Å². The maximum Gasteiger partial charge on any atom is 0.0536 e. The maximum absolute atomic E-state index is 8.56. The Hall–Kier alpha value is -1.58. The molecule has 3 rings (SSSR count). The average Bonchev–Trinajstić information content (AvgIpc) is 2.64. The molecule has 1 aromatic heterocycles. The van der Waals surface area contributed by atoms with Gasteiger partial charge in [0.15, 0.2) is 0 Å². The number of hydrogen-bond acceptors (Lipinski definition) is 3. The molecular weight excluding hydrogens is 587 g/mol. The molecule has 0 aliphatic heterocycles. The van der Waals surface area contributed by atoms with Gasteiger partial charge in [-0.3, -0.25) is 0 Å². The van der Waals surface area contributed by atoms with Crippen LogP contribution in [0.25, 0.3) is 22.0 Å². The summed E-state index contributed by atoms with van der Waals surface area (Å²) >= 11 is 0. The van der Waals surface area contributed by atoms with Crippen LogP contribution in [0.5, 0.6) is 0 Å². The molecule has 0 saturated heterocycles. The summed E-state index contributed by atoms with van der Waals surface area (Å²) in [6.07, 6.45) is 1.78. The number of benzene rings is 2. The zero-order valence-corrected chi connectivity index (χ0v) is 24.0. The van der Waals surface area contributed by atoms with Crippen molar-refractivity contribution in [3.63, 3.8) is 0 Å². The minimum atomic E-state index is -0.375. The van der Waals surface area contributed by atoms with E-state index >= 15 is 0 Å². The maximum atomic E-state index is 8.56. The monoisotopic (exact) mass is 627 g/mol. The molecule has 2 unspecified atom stereocenters. The van der Waals surface area contributed by atoms with Crippen molar-refractivity contribution in [2.24, 2.45) is 0 Å². The average molecular weight is 627 g/mol. The summed E-state index contributed by atoms with van der Waals surface area (Å²) in [6, 6.07) is 14.7. The molecule has 33 heavy (non-hydrogen) atoms. The summed E-state index contributed by atoms with van der Waals surface area (Å²) < 4.78 is 0. The summed E-state index contributed by atoms with van der Waals surface area (Å²) in [5, 5.41) is 19.7.